The second-order valence-corrected chi connectivity index (χ2v) is 6.55. The first-order valence-corrected chi connectivity index (χ1v) is 8.58. The van der Waals surface area contributed by atoms with E-state index in [4.69, 9.17) is 0 Å². The average Bonchev–Trinajstić information content (AvgIpc) is 2.62. The normalized spacial score (nSPS) is 13.8. The van der Waals surface area contributed by atoms with Crippen LogP contribution in [0.5, 0.6) is 0 Å². The maximum absolute atomic E-state index is 13.0. The summed E-state index contributed by atoms with van der Waals surface area (Å²) in [5, 5.41) is 2.23. The Kier molecular flexibility index (Phi) is 3.81. The molecular weight excluding hydrogens is 294 g/mol. The number of fused-ring (bicyclic) bond motifs is 2. The van der Waals surface area contributed by atoms with E-state index in [2.05, 4.69) is 54.3 Å². The monoisotopic (exact) mass is 315 g/mol. The number of aryl methyl sites for hydroxylation is 2. The highest BCUT2D eigenvalue weighted by Gasteiger charge is 2.20. The number of anilines is 1. The molecule has 3 aromatic rings. The van der Waals surface area contributed by atoms with E-state index in [1.165, 1.54) is 22.2 Å². The van der Waals surface area contributed by atoms with Gasteiger partial charge in [-0.05, 0) is 47.7 Å². The standard InChI is InChI=1S/C22H21NO/c1-16-12-13-20(19-10-4-3-9-18(16)19)22(24)15-23-14-6-8-17-7-2-5-11-21(17)23/h2-5,7,9-13H,6,8,14-15H2,1H3. The molecular formula is C22H21NO. The summed E-state index contributed by atoms with van der Waals surface area (Å²) in [7, 11) is 0. The Morgan fingerprint density at radius 1 is 0.958 bits per heavy atom. The van der Waals surface area contributed by atoms with E-state index in [0.717, 1.165) is 30.3 Å². The molecule has 0 atom stereocenters. The summed E-state index contributed by atoms with van der Waals surface area (Å²) in [6.07, 6.45) is 2.22. The molecule has 2 nitrogen and oxygen atoms in total. The van der Waals surface area contributed by atoms with Crippen molar-refractivity contribution in [3.8, 4) is 0 Å². The van der Waals surface area contributed by atoms with E-state index in [1.54, 1.807) is 0 Å². The van der Waals surface area contributed by atoms with E-state index in [9.17, 15) is 4.79 Å². The molecule has 0 bridgehead atoms. The zero-order valence-electron chi connectivity index (χ0n) is 14.0. The van der Waals surface area contributed by atoms with Gasteiger partial charge < -0.3 is 4.90 Å². The number of hydrogen-bond donors (Lipinski definition) is 0. The molecule has 0 radical (unpaired) electrons. The largest absolute Gasteiger partial charge is 0.364 e. The summed E-state index contributed by atoms with van der Waals surface area (Å²) >= 11 is 0. The lowest BCUT2D eigenvalue weighted by Crippen LogP contribution is -2.34. The number of hydrogen-bond acceptors (Lipinski definition) is 2. The summed E-state index contributed by atoms with van der Waals surface area (Å²) in [6.45, 7) is 3.49. The average molecular weight is 315 g/mol. The fraction of sp³-hybridized carbons (Fsp3) is 0.227. The van der Waals surface area contributed by atoms with E-state index in [1.807, 2.05) is 18.2 Å². The number of Topliss-reactive ketones (excluding diaryl/α,β-unsaturated/α-hetero) is 1. The number of nitrogens with zero attached hydrogens (tertiary/aromatic N) is 1. The molecule has 120 valence electrons. The quantitative estimate of drug-likeness (QED) is 0.648. The Labute approximate surface area is 142 Å². The molecule has 4 rings (SSSR count). The van der Waals surface area contributed by atoms with Crippen LogP contribution in [0.4, 0.5) is 5.69 Å². The van der Waals surface area contributed by atoms with Crippen molar-refractivity contribution < 1.29 is 4.79 Å². The van der Waals surface area contributed by atoms with Crippen molar-refractivity contribution in [2.75, 3.05) is 18.0 Å². The first-order valence-electron chi connectivity index (χ1n) is 8.58. The molecule has 24 heavy (non-hydrogen) atoms. The molecule has 3 aromatic carbocycles. The molecule has 0 saturated carbocycles. The van der Waals surface area contributed by atoms with Gasteiger partial charge in [0.05, 0.1) is 6.54 Å². The molecule has 0 N–H and O–H groups in total. The Bertz CT molecular complexity index is 913. The highest BCUT2D eigenvalue weighted by molar-refractivity contribution is 6.10. The molecule has 1 aliphatic rings. The van der Waals surface area contributed by atoms with Crippen LogP contribution in [0.25, 0.3) is 10.8 Å². The number of carbonyl (C=O) groups is 1. The fourth-order valence-electron chi connectivity index (χ4n) is 3.73. The molecule has 2 heteroatoms. The Morgan fingerprint density at radius 2 is 1.71 bits per heavy atom. The van der Waals surface area contributed by atoms with Crippen LogP contribution in [-0.2, 0) is 6.42 Å². The lowest BCUT2D eigenvalue weighted by atomic mass is 9.96. The van der Waals surface area contributed by atoms with Crippen LogP contribution in [0.1, 0.15) is 27.9 Å². The lowest BCUT2D eigenvalue weighted by Gasteiger charge is -2.30. The van der Waals surface area contributed by atoms with Crippen molar-refractivity contribution in [1.82, 2.24) is 0 Å². The van der Waals surface area contributed by atoms with Gasteiger partial charge in [0.25, 0.3) is 0 Å². The van der Waals surface area contributed by atoms with Gasteiger partial charge in [-0.3, -0.25) is 4.79 Å². The van der Waals surface area contributed by atoms with Crippen molar-refractivity contribution >= 4 is 22.2 Å². The van der Waals surface area contributed by atoms with Crippen LogP contribution >= 0.6 is 0 Å². The zero-order chi connectivity index (χ0) is 16.5. The number of carbonyl (C=O) groups excluding carboxylic acids is 1. The van der Waals surface area contributed by atoms with E-state index in [0.29, 0.717) is 6.54 Å². The maximum atomic E-state index is 13.0. The smallest absolute Gasteiger partial charge is 0.182 e. The van der Waals surface area contributed by atoms with Crippen molar-refractivity contribution in [3.05, 3.63) is 77.4 Å². The van der Waals surface area contributed by atoms with E-state index < -0.39 is 0 Å². The summed E-state index contributed by atoms with van der Waals surface area (Å²) in [6, 6.07) is 20.7. The molecule has 0 aromatic heterocycles. The van der Waals surface area contributed by atoms with Crippen LogP contribution in [0.2, 0.25) is 0 Å². The van der Waals surface area contributed by atoms with Crippen LogP contribution in [0, 0.1) is 6.92 Å². The molecule has 0 saturated heterocycles. The Balaban J connectivity index is 1.68. The third kappa shape index (κ3) is 2.58. The number of rotatable bonds is 3. The Hall–Kier alpha value is -2.61. The summed E-state index contributed by atoms with van der Waals surface area (Å²) in [4.78, 5) is 15.2. The van der Waals surface area contributed by atoms with E-state index in [-0.39, 0.29) is 5.78 Å². The second kappa shape index (κ2) is 6.12. The summed E-state index contributed by atoms with van der Waals surface area (Å²) in [5.74, 6) is 0.197. The maximum Gasteiger partial charge on any atom is 0.182 e. The van der Waals surface area contributed by atoms with Gasteiger partial charge in [-0.1, -0.05) is 54.6 Å². The number of benzene rings is 3. The molecule has 1 aliphatic heterocycles. The third-order valence-electron chi connectivity index (χ3n) is 4.98. The third-order valence-corrected chi connectivity index (χ3v) is 4.98. The second-order valence-electron chi connectivity index (χ2n) is 6.55. The minimum Gasteiger partial charge on any atom is -0.364 e. The van der Waals surface area contributed by atoms with Crippen molar-refractivity contribution in [2.45, 2.75) is 19.8 Å². The molecule has 0 amide bonds. The van der Waals surface area contributed by atoms with Crippen LogP contribution in [0.15, 0.2) is 60.7 Å². The highest BCUT2D eigenvalue weighted by Crippen LogP contribution is 2.28. The van der Waals surface area contributed by atoms with Gasteiger partial charge in [0, 0.05) is 17.8 Å². The topological polar surface area (TPSA) is 20.3 Å². The summed E-state index contributed by atoms with van der Waals surface area (Å²) in [5.41, 5.74) is 4.61. The lowest BCUT2D eigenvalue weighted by molar-refractivity contribution is 0.1000. The van der Waals surface area contributed by atoms with Gasteiger partial charge >= 0.3 is 0 Å². The minimum atomic E-state index is 0.197. The van der Waals surface area contributed by atoms with Gasteiger partial charge in [-0.25, -0.2) is 0 Å². The first kappa shape index (κ1) is 14.9. The fourth-order valence-corrected chi connectivity index (χ4v) is 3.73. The molecule has 0 unspecified atom stereocenters. The molecule has 0 spiro atoms. The first-order chi connectivity index (χ1) is 11.7. The molecule has 1 heterocycles. The van der Waals surface area contributed by atoms with Crippen molar-refractivity contribution in [2.24, 2.45) is 0 Å². The predicted molar refractivity (Wildman–Crippen MR) is 100.0 cm³/mol. The van der Waals surface area contributed by atoms with Gasteiger partial charge in [-0.15, -0.1) is 0 Å². The Morgan fingerprint density at radius 3 is 2.58 bits per heavy atom. The van der Waals surface area contributed by atoms with Gasteiger partial charge in [0.15, 0.2) is 5.78 Å². The van der Waals surface area contributed by atoms with Crippen molar-refractivity contribution in [1.29, 1.82) is 0 Å². The van der Waals surface area contributed by atoms with Gasteiger partial charge in [0.1, 0.15) is 0 Å². The zero-order valence-corrected chi connectivity index (χ0v) is 14.0. The van der Waals surface area contributed by atoms with Gasteiger partial charge in [0.2, 0.25) is 0 Å². The van der Waals surface area contributed by atoms with Gasteiger partial charge in [-0.2, -0.15) is 0 Å². The van der Waals surface area contributed by atoms with Crippen LogP contribution in [0.3, 0.4) is 0 Å². The van der Waals surface area contributed by atoms with Crippen LogP contribution < -0.4 is 4.90 Å². The van der Waals surface area contributed by atoms with Crippen LogP contribution in [-0.4, -0.2) is 18.9 Å². The SMILES string of the molecule is Cc1ccc(C(=O)CN2CCCc3ccccc32)c2ccccc12. The molecule has 0 aliphatic carbocycles. The highest BCUT2D eigenvalue weighted by atomic mass is 16.1. The molecule has 0 fully saturated rings. The van der Waals surface area contributed by atoms with E-state index >= 15 is 0 Å². The predicted octanol–water partition coefficient (Wildman–Crippen LogP) is 4.78. The summed E-state index contributed by atoms with van der Waals surface area (Å²) < 4.78 is 0. The van der Waals surface area contributed by atoms with Crippen molar-refractivity contribution in [3.63, 3.8) is 0 Å². The number of para-hydroxylation sites is 1. The number of ketones is 1. The minimum absolute atomic E-state index is 0.197.